The van der Waals surface area contributed by atoms with E-state index in [-0.39, 0.29) is 5.97 Å². The van der Waals surface area contributed by atoms with Gasteiger partial charge in [0.05, 0.1) is 6.61 Å². The standard InChI is InChI=1S/C11H22O2Si/c1-6-14(4,5)9-7-8-13-11(12)10(2)3/h2,6-9H2,1,3-5H3. The molecule has 0 saturated carbocycles. The Morgan fingerprint density at radius 1 is 1.43 bits per heavy atom. The van der Waals surface area contributed by atoms with Crippen LogP contribution in [0.5, 0.6) is 0 Å². The van der Waals surface area contributed by atoms with Crippen molar-refractivity contribution in [3.63, 3.8) is 0 Å². The summed E-state index contributed by atoms with van der Waals surface area (Å²) in [5.41, 5.74) is 0.483. The van der Waals surface area contributed by atoms with E-state index in [1.165, 1.54) is 12.1 Å². The van der Waals surface area contributed by atoms with Crippen molar-refractivity contribution in [3.8, 4) is 0 Å². The molecule has 0 rings (SSSR count). The molecule has 3 heteroatoms. The SMILES string of the molecule is C=C(C)C(=O)OCCC[Si](C)(C)CC. The molecule has 2 nitrogen and oxygen atoms in total. The van der Waals surface area contributed by atoms with Gasteiger partial charge >= 0.3 is 5.97 Å². The van der Waals surface area contributed by atoms with Crippen molar-refractivity contribution < 1.29 is 9.53 Å². The van der Waals surface area contributed by atoms with Crippen molar-refractivity contribution >= 4 is 14.0 Å². The van der Waals surface area contributed by atoms with E-state index in [9.17, 15) is 4.79 Å². The van der Waals surface area contributed by atoms with Crippen LogP contribution in [0, 0.1) is 0 Å². The van der Waals surface area contributed by atoms with Crippen molar-refractivity contribution in [2.45, 2.75) is 45.5 Å². The second-order valence-corrected chi connectivity index (χ2v) is 10.1. The maximum Gasteiger partial charge on any atom is 0.333 e. The molecule has 0 saturated heterocycles. The van der Waals surface area contributed by atoms with Crippen LogP contribution in [0.15, 0.2) is 12.2 Å². The minimum absolute atomic E-state index is 0.263. The predicted octanol–water partition coefficient (Wildman–Crippen LogP) is 3.22. The molecule has 0 aromatic carbocycles. The van der Waals surface area contributed by atoms with Crippen molar-refractivity contribution in [2.24, 2.45) is 0 Å². The van der Waals surface area contributed by atoms with Crippen LogP contribution in [0.1, 0.15) is 20.3 Å². The third-order valence-electron chi connectivity index (χ3n) is 2.54. The molecule has 0 aliphatic carbocycles. The molecule has 0 bridgehead atoms. The summed E-state index contributed by atoms with van der Waals surface area (Å²) in [5, 5.41) is 0. The summed E-state index contributed by atoms with van der Waals surface area (Å²) in [6.07, 6.45) is 0.992. The van der Waals surface area contributed by atoms with Crippen LogP contribution in [-0.2, 0) is 9.53 Å². The average Bonchev–Trinajstić information content (AvgIpc) is 2.12. The van der Waals surface area contributed by atoms with Crippen LogP contribution < -0.4 is 0 Å². The van der Waals surface area contributed by atoms with Crippen LogP contribution in [-0.4, -0.2) is 20.7 Å². The maximum atomic E-state index is 11.0. The van der Waals surface area contributed by atoms with E-state index >= 15 is 0 Å². The monoisotopic (exact) mass is 214 g/mol. The molecule has 0 aliphatic rings. The number of esters is 1. The van der Waals surface area contributed by atoms with Gasteiger partial charge in [0.2, 0.25) is 0 Å². The maximum absolute atomic E-state index is 11.0. The second-order valence-electron chi connectivity index (χ2n) is 4.54. The third-order valence-corrected chi connectivity index (χ3v) is 6.16. The number of hydrogen-bond acceptors (Lipinski definition) is 2. The second kappa shape index (κ2) is 6.01. The normalized spacial score (nSPS) is 11.1. The van der Waals surface area contributed by atoms with Crippen LogP contribution >= 0.6 is 0 Å². The van der Waals surface area contributed by atoms with E-state index in [1.54, 1.807) is 6.92 Å². The Bertz CT molecular complexity index is 209. The molecule has 0 fully saturated rings. The Labute approximate surface area is 88.4 Å². The highest BCUT2D eigenvalue weighted by Crippen LogP contribution is 2.16. The summed E-state index contributed by atoms with van der Waals surface area (Å²) in [6.45, 7) is 12.7. The van der Waals surface area contributed by atoms with Crippen molar-refractivity contribution in [1.29, 1.82) is 0 Å². The van der Waals surface area contributed by atoms with Crippen LogP contribution in [0.2, 0.25) is 25.2 Å². The summed E-state index contributed by atoms with van der Waals surface area (Å²) in [7, 11) is -0.990. The minimum atomic E-state index is -0.990. The van der Waals surface area contributed by atoms with E-state index in [0.29, 0.717) is 12.2 Å². The zero-order valence-electron chi connectivity index (χ0n) is 9.85. The number of ether oxygens (including phenoxy) is 1. The van der Waals surface area contributed by atoms with Gasteiger partial charge in [0, 0.05) is 13.6 Å². The highest BCUT2D eigenvalue weighted by atomic mass is 28.3. The molecule has 0 heterocycles. The Morgan fingerprint density at radius 2 is 2.00 bits per heavy atom. The van der Waals surface area contributed by atoms with Gasteiger partial charge in [-0.3, -0.25) is 0 Å². The van der Waals surface area contributed by atoms with Crippen LogP contribution in [0.25, 0.3) is 0 Å². The zero-order valence-corrected chi connectivity index (χ0v) is 10.9. The van der Waals surface area contributed by atoms with Crippen molar-refractivity contribution in [3.05, 3.63) is 12.2 Å². The molecule has 0 amide bonds. The van der Waals surface area contributed by atoms with Gasteiger partial charge in [-0.1, -0.05) is 38.7 Å². The summed E-state index contributed by atoms with van der Waals surface area (Å²) < 4.78 is 5.03. The topological polar surface area (TPSA) is 26.3 Å². The molecule has 0 aliphatic heterocycles. The van der Waals surface area contributed by atoms with Crippen LogP contribution in [0.4, 0.5) is 0 Å². The van der Waals surface area contributed by atoms with Gasteiger partial charge in [-0.2, -0.15) is 0 Å². The molecule has 0 aromatic rings. The van der Waals surface area contributed by atoms with Gasteiger partial charge in [0.1, 0.15) is 0 Å². The Kier molecular flexibility index (Phi) is 5.77. The fourth-order valence-electron chi connectivity index (χ4n) is 1.02. The summed E-state index contributed by atoms with van der Waals surface area (Å²) >= 11 is 0. The highest BCUT2D eigenvalue weighted by Gasteiger charge is 2.17. The number of hydrogen-bond donors (Lipinski definition) is 0. The molecule has 0 radical (unpaired) electrons. The van der Waals surface area contributed by atoms with E-state index in [0.717, 1.165) is 6.42 Å². The molecule has 0 N–H and O–H groups in total. The van der Waals surface area contributed by atoms with Gasteiger partial charge < -0.3 is 4.74 Å². The number of rotatable bonds is 6. The lowest BCUT2D eigenvalue weighted by atomic mass is 10.4. The minimum Gasteiger partial charge on any atom is -0.462 e. The smallest absolute Gasteiger partial charge is 0.333 e. The van der Waals surface area contributed by atoms with Gasteiger partial charge in [-0.05, 0) is 13.3 Å². The number of carbonyl (C=O) groups excluding carboxylic acids is 1. The first-order valence-electron chi connectivity index (χ1n) is 5.21. The molecule has 82 valence electrons. The molecule has 0 spiro atoms. The first kappa shape index (κ1) is 13.4. The lowest BCUT2D eigenvalue weighted by Gasteiger charge is -2.19. The van der Waals surface area contributed by atoms with Gasteiger partial charge in [0.25, 0.3) is 0 Å². The van der Waals surface area contributed by atoms with E-state index in [2.05, 4.69) is 26.6 Å². The van der Waals surface area contributed by atoms with E-state index in [1.807, 2.05) is 0 Å². The van der Waals surface area contributed by atoms with Gasteiger partial charge in [0.15, 0.2) is 0 Å². The molecule has 14 heavy (non-hydrogen) atoms. The predicted molar refractivity (Wildman–Crippen MR) is 63.2 cm³/mol. The molecule has 0 aromatic heterocycles. The molecule has 0 unspecified atom stereocenters. The van der Waals surface area contributed by atoms with E-state index in [4.69, 9.17) is 4.74 Å². The third kappa shape index (κ3) is 5.97. The number of carbonyl (C=O) groups is 1. The fourth-order valence-corrected chi connectivity index (χ4v) is 2.47. The molecule has 0 atom stereocenters. The Hall–Kier alpha value is -0.573. The van der Waals surface area contributed by atoms with Crippen LogP contribution in [0.3, 0.4) is 0 Å². The van der Waals surface area contributed by atoms with Crippen molar-refractivity contribution in [1.82, 2.24) is 0 Å². The Balaban J connectivity index is 3.57. The summed E-state index contributed by atoms with van der Waals surface area (Å²) in [6, 6.07) is 2.52. The quantitative estimate of drug-likeness (QED) is 0.294. The Morgan fingerprint density at radius 3 is 2.43 bits per heavy atom. The zero-order chi connectivity index (χ0) is 11.2. The lowest BCUT2D eigenvalue weighted by Crippen LogP contribution is -2.24. The van der Waals surface area contributed by atoms with Crippen molar-refractivity contribution in [2.75, 3.05) is 6.61 Å². The summed E-state index contributed by atoms with van der Waals surface area (Å²) in [5.74, 6) is -0.263. The molecular formula is C11H22O2Si. The average molecular weight is 214 g/mol. The van der Waals surface area contributed by atoms with E-state index < -0.39 is 8.07 Å². The molecular weight excluding hydrogens is 192 g/mol. The van der Waals surface area contributed by atoms with Gasteiger partial charge in [-0.25, -0.2) is 4.79 Å². The lowest BCUT2D eigenvalue weighted by molar-refractivity contribution is -0.138. The fraction of sp³-hybridized carbons (Fsp3) is 0.727. The first-order valence-corrected chi connectivity index (χ1v) is 8.63. The summed E-state index contributed by atoms with van der Waals surface area (Å²) in [4.78, 5) is 11.0. The van der Waals surface area contributed by atoms with Gasteiger partial charge in [-0.15, -0.1) is 0 Å². The highest BCUT2D eigenvalue weighted by molar-refractivity contribution is 6.77. The largest absolute Gasteiger partial charge is 0.462 e. The first-order chi connectivity index (χ1) is 6.39.